The van der Waals surface area contributed by atoms with Crippen molar-refractivity contribution in [3.05, 3.63) is 59.9 Å². The van der Waals surface area contributed by atoms with Gasteiger partial charge in [0.15, 0.2) is 18.2 Å². The number of rotatable bonds is 9. The molecular weight excluding hydrogens is 403 g/mol. The second kappa shape index (κ2) is 10.6. The fourth-order valence-electron chi connectivity index (χ4n) is 2.97. The maximum absolute atomic E-state index is 13.5. The van der Waals surface area contributed by atoms with Crippen LogP contribution in [0, 0.1) is 11.7 Å². The summed E-state index contributed by atoms with van der Waals surface area (Å²) in [5.41, 5.74) is 0.979. The van der Waals surface area contributed by atoms with Gasteiger partial charge in [-0.2, -0.15) is 0 Å². The van der Waals surface area contributed by atoms with E-state index in [9.17, 15) is 18.8 Å². The largest absolute Gasteiger partial charge is 0.481 e. The number of nitrogens with one attached hydrogen (secondary N) is 1. The fourth-order valence-corrected chi connectivity index (χ4v) is 2.97. The number of halogens is 1. The zero-order chi connectivity index (χ0) is 22.2. The van der Waals surface area contributed by atoms with Gasteiger partial charge in [-0.25, -0.2) is 9.18 Å². The molecule has 1 saturated heterocycles. The molecule has 0 spiro atoms. The molecule has 1 aliphatic heterocycles. The SMILES string of the molecule is CCCCOC(=O)c1ccc(NC(=O)C2CN(C(=O)COc3ccccc3F)C2)cc1. The zero-order valence-corrected chi connectivity index (χ0v) is 17.3. The third-order valence-electron chi connectivity index (χ3n) is 4.91. The van der Waals surface area contributed by atoms with Crippen LogP contribution in [0.3, 0.4) is 0 Å². The number of benzene rings is 2. The van der Waals surface area contributed by atoms with Gasteiger partial charge in [0, 0.05) is 18.8 Å². The van der Waals surface area contributed by atoms with Crippen LogP contribution < -0.4 is 10.1 Å². The first-order chi connectivity index (χ1) is 15.0. The first-order valence-corrected chi connectivity index (χ1v) is 10.2. The quantitative estimate of drug-likeness (QED) is 0.490. The molecule has 1 heterocycles. The van der Waals surface area contributed by atoms with E-state index in [2.05, 4.69) is 5.32 Å². The van der Waals surface area contributed by atoms with Gasteiger partial charge < -0.3 is 19.7 Å². The minimum Gasteiger partial charge on any atom is -0.481 e. The van der Waals surface area contributed by atoms with Crippen molar-refractivity contribution < 1.29 is 28.2 Å². The molecule has 2 aromatic rings. The Labute approximate surface area is 180 Å². The predicted molar refractivity (Wildman–Crippen MR) is 112 cm³/mol. The van der Waals surface area contributed by atoms with Gasteiger partial charge in [-0.1, -0.05) is 25.5 Å². The lowest BCUT2D eigenvalue weighted by molar-refractivity contribution is -0.143. The number of hydrogen-bond acceptors (Lipinski definition) is 5. The lowest BCUT2D eigenvalue weighted by Crippen LogP contribution is -2.55. The number of nitrogens with zero attached hydrogens (tertiary/aromatic N) is 1. The Bertz CT molecular complexity index is 926. The molecule has 0 radical (unpaired) electrons. The van der Waals surface area contributed by atoms with Crippen molar-refractivity contribution in [2.24, 2.45) is 5.92 Å². The summed E-state index contributed by atoms with van der Waals surface area (Å²) >= 11 is 0. The summed E-state index contributed by atoms with van der Waals surface area (Å²) in [5, 5.41) is 2.78. The third kappa shape index (κ3) is 6.04. The van der Waals surface area contributed by atoms with Crippen LogP contribution in [0.1, 0.15) is 30.1 Å². The molecule has 1 fully saturated rings. The molecule has 0 atom stereocenters. The van der Waals surface area contributed by atoms with E-state index >= 15 is 0 Å². The smallest absolute Gasteiger partial charge is 0.338 e. The standard InChI is InChI=1S/C23H25FN2O5/c1-2-3-12-30-23(29)16-8-10-18(11-9-16)25-22(28)17-13-26(14-17)21(27)15-31-20-7-5-4-6-19(20)24/h4-11,17H,2-3,12-15H2,1H3,(H,25,28). The first kappa shape index (κ1) is 22.3. The molecule has 7 nitrogen and oxygen atoms in total. The Balaban J connectivity index is 1.40. The van der Waals surface area contributed by atoms with Crippen LogP contribution in [-0.2, 0) is 14.3 Å². The van der Waals surface area contributed by atoms with Crippen LogP contribution in [0.4, 0.5) is 10.1 Å². The Kier molecular flexibility index (Phi) is 7.59. The second-order valence-corrected chi connectivity index (χ2v) is 7.27. The molecule has 2 amide bonds. The number of esters is 1. The minimum absolute atomic E-state index is 0.0170. The maximum Gasteiger partial charge on any atom is 0.338 e. The number of hydrogen-bond donors (Lipinski definition) is 1. The molecule has 0 bridgehead atoms. The van der Waals surface area contributed by atoms with E-state index in [0.29, 0.717) is 17.9 Å². The van der Waals surface area contributed by atoms with E-state index in [1.165, 1.54) is 23.1 Å². The maximum atomic E-state index is 13.5. The number of unbranched alkanes of at least 4 members (excludes halogenated alkanes) is 1. The van der Waals surface area contributed by atoms with Crippen LogP contribution in [0.15, 0.2) is 48.5 Å². The summed E-state index contributed by atoms with van der Waals surface area (Å²) in [5.74, 6) is -1.76. The molecule has 164 valence electrons. The minimum atomic E-state index is -0.531. The van der Waals surface area contributed by atoms with Crippen LogP contribution >= 0.6 is 0 Å². The van der Waals surface area contributed by atoms with Gasteiger partial charge >= 0.3 is 5.97 Å². The monoisotopic (exact) mass is 428 g/mol. The fraction of sp³-hybridized carbons (Fsp3) is 0.348. The van der Waals surface area contributed by atoms with Crippen molar-refractivity contribution >= 4 is 23.5 Å². The first-order valence-electron chi connectivity index (χ1n) is 10.2. The van der Waals surface area contributed by atoms with Crippen LogP contribution in [0.5, 0.6) is 5.75 Å². The van der Waals surface area contributed by atoms with Crippen molar-refractivity contribution in [3.8, 4) is 5.75 Å². The lowest BCUT2D eigenvalue weighted by atomic mass is 9.99. The van der Waals surface area contributed by atoms with Gasteiger partial charge in [-0.05, 0) is 42.8 Å². The van der Waals surface area contributed by atoms with E-state index in [0.717, 1.165) is 12.8 Å². The number of likely N-dealkylation sites (tertiary alicyclic amines) is 1. The van der Waals surface area contributed by atoms with Crippen molar-refractivity contribution in [1.29, 1.82) is 0 Å². The molecular formula is C23H25FN2O5. The van der Waals surface area contributed by atoms with Gasteiger partial charge in [0.25, 0.3) is 5.91 Å². The highest BCUT2D eigenvalue weighted by atomic mass is 19.1. The molecule has 1 N–H and O–H groups in total. The average molecular weight is 428 g/mol. The molecule has 0 aromatic heterocycles. The highest BCUT2D eigenvalue weighted by molar-refractivity contribution is 5.95. The Morgan fingerprint density at radius 1 is 1.10 bits per heavy atom. The Morgan fingerprint density at radius 2 is 1.81 bits per heavy atom. The third-order valence-corrected chi connectivity index (χ3v) is 4.91. The summed E-state index contributed by atoms with van der Waals surface area (Å²) in [4.78, 5) is 37.9. The van der Waals surface area contributed by atoms with Crippen LogP contribution in [0.25, 0.3) is 0 Å². The molecule has 3 rings (SSSR count). The molecule has 0 aliphatic carbocycles. The highest BCUT2D eigenvalue weighted by Crippen LogP contribution is 2.20. The van der Waals surface area contributed by atoms with E-state index in [4.69, 9.17) is 9.47 Å². The zero-order valence-electron chi connectivity index (χ0n) is 17.3. The van der Waals surface area contributed by atoms with Crippen molar-refractivity contribution in [2.45, 2.75) is 19.8 Å². The normalized spacial score (nSPS) is 13.3. The summed E-state index contributed by atoms with van der Waals surface area (Å²) < 4.78 is 23.9. The number of carbonyl (C=O) groups is 3. The topological polar surface area (TPSA) is 84.9 Å². The van der Waals surface area contributed by atoms with Gasteiger partial charge in [0.1, 0.15) is 0 Å². The molecule has 31 heavy (non-hydrogen) atoms. The van der Waals surface area contributed by atoms with Gasteiger partial charge in [0.2, 0.25) is 5.91 Å². The molecule has 2 aromatic carbocycles. The van der Waals surface area contributed by atoms with E-state index in [-0.39, 0.29) is 43.2 Å². The Morgan fingerprint density at radius 3 is 2.48 bits per heavy atom. The van der Waals surface area contributed by atoms with Gasteiger partial charge in [-0.15, -0.1) is 0 Å². The number of ether oxygens (including phenoxy) is 2. The highest BCUT2D eigenvalue weighted by Gasteiger charge is 2.35. The Hall–Kier alpha value is -3.42. The van der Waals surface area contributed by atoms with Crippen molar-refractivity contribution in [1.82, 2.24) is 4.90 Å². The second-order valence-electron chi connectivity index (χ2n) is 7.27. The van der Waals surface area contributed by atoms with Gasteiger partial charge in [0.05, 0.1) is 18.1 Å². The summed E-state index contributed by atoms with van der Waals surface area (Å²) in [6, 6.07) is 12.3. The van der Waals surface area contributed by atoms with Crippen LogP contribution in [-0.4, -0.2) is 49.0 Å². The van der Waals surface area contributed by atoms with Crippen LogP contribution in [0.2, 0.25) is 0 Å². The number of anilines is 1. The number of amides is 2. The average Bonchev–Trinajstić information content (AvgIpc) is 2.72. The van der Waals surface area contributed by atoms with E-state index < -0.39 is 11.8 Å². The molecule has 1 aliphatic rings. The summed E-state index contributed by atoms with van der Waals surface area (Å²) in [7, 11) is 0. The lowest BCUT2D eigenvalue weighted by Gasteiger charge is -2.38. The molecule has 8 heteroatoms. The predicted octanol–water partition coefficient (Wildman–Crippen LogP) is 3.26. The summed E-state index contributed by atoms with van der Waals surface area (Å²) in [6.07, 6.45) is 1.76. The van der Waals surface area contributed by atoms with Gasteiger partial charge in [-0.3, -0.25) is 9.59 Å². The molecule has 0 saturated carbocycles. The molecule has 0 unspecified atom stereocenters. The van der Waals surface area contributed by atoms with E-state index in [1.54, 1.807) is 30.3 Å². The number of carbonyl (C=O) groups excluding carboxylic acids is 3. The number of para-hydroxylation sites is 1. The van der Waals surface area contributed by atoms with Crippen molar-refractivity contribution in [2.75, 3.05) is 31.6 Å². The van der Waals surface area contributed by atoms with E-state index in [1.807, 2.05) is 6.92 Å². The van der Waals surface area contributed by atoms with Crippen molar-refractivity contribution in [3.63, 3.8) is 0 Å². The summed E-state index contributed by atoms with van der Waals surface area (Å²) in [6.45, 7) is 2.66.